The molecule has 1 heterocycles. The lowest BCUT2D eigenvalue weighted by atomic mass is 9.88. The average molecular weight is 335 g/mol. The van der Waals surface area contributed by atoms with Crippen LogP contribution in [0, 0.1) is 5.92 Å². The first kappa shape index (κ1) is 17.4. The van der Waals surface area contributed by atoms with Crippen LogP contribution in [0.15, 0.2) is 18.2 Å². The molecule has 2 rings (SSSR count). The standard InChI is InChI=1S/C16H22ClF3N2/c1-2-3-4-11-10-22(8-7-15(11)21)12-5-6-14(17)13(9-12)16(18,19)20/h5-6,9,11,15H,2-4,7-8,10,21H2,1H3/t11-,15+/m1/s1. The maximum atomic E-state index is 13.0. The Bertz CT molecular complexity index is 505. The van der Waals surface area contributed by atoms with Crippen LogP contribution >= 0.6 is 11.6 Å². The quantitative estimate of drug-likeness (QED) is 0.864. The lowest BCUT2D eigenvalue weighted by molar-refractivity contribution is -0.137. The van der Waals surface area contributed by atoms with E-state index >= 15 is 0 Å². The van der Waals surface area contributed by atoms with Crippen molar-refractivity contribution in [2.24, 2.45) is 11.7 Å². The van der Waals surface area contributed by atoms with E-state index in [4.69, 9.17) is 17.3 Å². The maximum absolute atomic E-state index is 13.0. The minimum atomic E-state index is -4.43. The second-order valence-electron chi connectivity index (χ2n) is 5.96. The molecule has 124 valence electrons. The summed E-state index contributed by atoms with van der Waals surface area (Å²) in [6.07, 6.45) is -0.407. The minimum Gasteiger partial charge on any atom is -0.371 e. The molecule has 2 atom stereocenters. The van der Waals surface area contributed by atoms with Crippen LogP contribution in [-0.4, -0.2) is 19.1 Å². The third-order valence-corrected chi connectivity index (χ3v) is 4.67. The second kappa shape index (κ2) is 7.09. The molecule has 0 bridgehead atoms. The van der Waals surface area contributed by atoms with Gasteiger partial charge in [-0.05, 0) is 37.0 Å². The van der Waals surface area contributed by atoms with E-state index < -0.39 is 11.7 Å². The fourth-order valence-electron chi connectivity index (χ4n) is 2.98. The van der Waals surface area contributed by atoms with Gasteiger partial charge in [-0.15, -0.1) is 0 Å². The Kier molecular flexibility index (Phi) is 5.61. The Morgan fingerprint density at radius 2 is 2.09 bits per heavy atom. The van der Waals surface area contributed by atoms with Crippen LogP contribution < -0.4 is 10.6 Å². The molecule has 0 saturated carbocycles. The van der Waals surface area contributed by atoms with Gasteiger partial charge in [-0.1, -0.05) is 31.4 Å². The first-order chi connectivity index (χ1) is 10.3. The molecule has 1 aromatic rings. The van der Waals surface area contributed by atoms with Gasteiger partial charge < -0.3 is 10.6 Å². The van der Waals surface area contributed by atoms with Crippen molar-refractivity contribution in [3.05, 3.63) is 28.8 Å². The summed E-state index contributed by atoms with van der Waals surface area (Å²) in [6.45, 7) is 3.52. The van der Waals surface area contributed by atoms with Gasteiger partial charge in [0.2, 0.25) is 0 Å². The van der Waals surface area contributed by atoms with Crippen LogP contribution in [0.3, 0.4) is 0 Å². The molecule has 2 nitrogen and oxygen atoms in total. The van der Waals surface area contributed by atoms with Crippen LogP contribution in [0.5, 0.6) is 0 Å². The molecule has 2 N–H and O–H groups in total. The van der Waals surface area contributed by atoms with Gasteiger partial charge >= 0.3 is 6.18 Å². The molecule has 6 heteroatoms. The molecule has 0 amide bonds. The van der Waals surface area contributed by atoms with E-state index in [2.05, 4.69) is 6.92 Å². The van der Waals surface area contributed by atoms with Gasteiger partial charge in [-0.2, -0.15) is 13.2 Å². The van der Waals surface area contributed by atoms with Gasteiger partial charge in [0.25, 0.3) is 0 Å². The van der Waals surface area contributed by atoms with Crippen molar-refractivity contribution < 1.29 is 13.2 Å². The second-order valence-corrected chi connectivity index (χ2v) is 6.37. The highest BCUT2D eigenvalue weighted by molar-refractivity contribution is 6.31. The number of piperidine rings is 1. The molecular formula is C16H22ClF3N2. The molecule has 1 aliphatic heterocycles. The Morgan fingerprint density at radius 3 is 2.73 bits per heavy atom. The third-order valence-electron chi connectivity index (χ3n) is 4.34. The number of nitrogens with two attached hydrogens (primary N) is 1. The van der Waals surface area contributed by atoms with Crippen LogP contribution in [0.4, 0.5) is 18.9 Å². The number of halogens is 4. The molecule has 0 aromatic heterocycles. The molecular weight excluding hydrogens is 313 g/mol. The fraction of sp³-hybridized carbons (Fsp3) is 0.625. The molecule has 1 saturated heterocycles. The molecule has 0 radical (unpaired) electrons. The van der Waals surface area contributed by atoms with Gasteiger partial charge in [0.05, 0.1) is 10.6 Å². The monoisotopic (exact) mass is 334 g/mol. The van der Waals surface area contributed by atoms with E-state index in [1.807, 2.05) is 4.90 Å². The van der Waals surface area contributed by atoms with Crippen molar-refractivity contribution in [3.63, 3.8) is 0 Å². The van der Waals surface area contributed by atoms with Crippen LogP contribution in [0.2, 0.25) is 5.02 Å². The zero-order valence-corrected chi connectivity index (χ0v) is 13.4. The van der Waals surface area contributed by atoms with E-state index in [1.54, 1.807) is 6.07 Å². The van der Waals surface area contributed by atoms with E-state index in [0.717, 1.165) is 31.7 Å². The molecule has 1 aliphatic rings. The van der Waals surface area contributed by atoms with Crippen molar-refractivity contribution in [3.8, 4) is 0 Å². The number of alkyl halides is 3. The number of hydrogen-bond acceptors (Lipinski definition) is 2. The predicted octanol–water partition coefficient (Wildman–Crippen LogP) is 4.70. The van der Waals surface area contributed by atoms with E-state index in [9.17, 15) is 13.2 Å². The normalized spacial score (nSPS) is 22.9. The number of rotatable bonds is 4. The topological polar surface area (TPSA) is 29.3 Å². The van der Waals surface area contributed by atoms with Crippen molar-refractivity contribution in [2.75, 3.05) is 18.0 Å². The van der Waals surface area contributed by atoms with E-state index in [1.165, 1.54) is 6.07 Å². The molecule has 0 aliphatic carbocycles. The first-order valence-electron chi connectivity index (χ1n) is 7.70. The molecule has 0 unspecified atom stereocenters. The third kappa shape index (κ3) is 4.07. The number of hydrogen-bond donors (Lipinski definition) is 1. The first-order valence-corrected chi connectivity index (χ1v) is 8.08. The van der Waals surface area contributed by atoms with Crippen LogP contribution in [0.25, 0.3) is 0 Å². The predicted molar refractivity (Wildman–Crippen MR) is 84.3 cm³/mol. The van der Waals surface area contributed by atoms with E-state index in [-0.39, 0.29) is 11.1 Å². The fourth-order valence-corrected chi connectivity index (χ4v) is 3.21. The summed E-state index contributed by atoms with van der Waals surface area (Å²) in [5.74, 6) is 0.332. The van der Waals surface area contributed by atoms with Crippen molar-refractivity contribution in [1.29, 1.82) is 0 Å². The van der Waals surface area contributed by atoms with Gasteiger partial charge in [0, 0.05) is 24.8 Å². The summed E-state index contributed by atoms with van der Waals surface area (Å²) in [6, 6.07) is 4.27. The molecule has 1 fully saturated rings. The SMILES string of the molecule is CCCC[C@@H]1CN(c2ccc(Cl)c(C(F)(F)F)c2)CC[C@@H]1N. The Balaban J connectivity index is 2.17. The molecule has 22 heavy (non-hydrogen) atoms. The summed E-state index contributed by atoms with van der Waals surface area (Å²) in [5, 5.41) is -0.257. The van der Waals surface area contributed by atoms with Crippen molar-refractivity contribution in [2.45, 2.75) is 44.8 Å². The van der Waals surface area contributed by atoms with Gasteiger partial charge in [-0.3, -0.25) is 0 Å². The highest BCUT2D eigenvalue weighted by Crippen LogP contribution is 2.37. The molecule has 0 spiro atoms. The lowest BCUT2D eigenvalue weighted by Crippen LogP contribution is -2.47. The van der Waals surface area contributed by atoms with Gasteiger partial charge in [-0.25, -0.2) is 0 Å². The van der Waals surface area contributed by atoms with Crippen molar-refractivity contribution >= 4 is 17.3 Å². The highest BCUT2D eigenvalue weighted by atomic mass is 35.5. The summed E-state index contributed by atoms with van der Waals surface area (Å²) >= 11 is 5.68. The van der Waals surface area contributed by atoms with Crippen LogP contribution in [0.1, 0.15) is 38.2 Å². The van der Waals surface area contributed by atoms with Gasteiger partial charge in [0.15, 0.2) is 0 Å². The van der Waals surface area contributed by atoms with Gasteiger partial charge in [0.1, 0.15) is 0 Å². The number of unbranched alkanes of at least 4 members (excludes halogenated alkanes) is 1. The number of nitrogens with zero attached hydrogens (tertiary/aromatic N) is 1. The summed E-state index contributed by atoms with van der Waals surface area (Å²) in [5.41, 5.74) is 5.96. The number of benzene rings is 1. The largest absolute Gasteiger partial charge is 0.417 e. The van der Waals surface area contributed by atoms with Crippen LogP contribution in [-0.2, 0) is 6.18 Å². The van der Waals surface area contributed by atoms with Crippen molar-refractivity contribution in [1.82, 2.24) is 0 Å². The Labute approximate surface area is 134 Å². The zero-order valence-electron chi connectivity index (χ0n) is 12.7. The zero-order chi connectivity index (χ0) is 16.3. The smallest absolute Gasteiger partial charge is 0.371 e. The molecule has 1 aromatic carbocycles. The summed E-state index contributed by atoms with van der Waals surface area (Å²) in [7, 11) is 0. The number of anilines is 1. The Hall–Kier alpha value is -0.940. The summed E-state index contributed by atoms with van der Waals surface area (Å²) in [4.78, 5) is 2.00. The average Bonchev–Trinajstić information content (AvgIpc) is 2.46. The maximum Gasteiger partial charge on any atom is 0.417 e. The Morgan fingerprint density at radius 1 is 1.36 bits per heavy atom. The van der Waals surface area contributed by atoms with E-state index in [0.29, 0.717) is 24.7 Å². The minimum absolute atomic E-state index is 0.136. The lowest BCUT2D eigenvalue weighted by Gasteiger charge is -2.38. The summed E-state index contributed by atoms with van der Waals surface area (Å²) < 4.78 is 38.9. The highest BCUT2D eigenvalue weighted by Gasteiger charge is 2.34.